The second-order valence-corrected chi connectivity index (χ2v) is 9.81. The lowest BCUT2D eigenvalue weighted by atomic mass is 10.1. The molecule has 1 N–H and O–H groups in total. The number of thiophene rings is 1. The summed E-state index contributed by atoms with van der Waals surface area (Å²) in [6.45, 7) is 10.2. The quantitative estimate of drug-likeness (QED) is 0.406. The summed E-state index contributed by atoms with van der Waals surface area (Å²) >= 11 is 7.24. The third-order valence-electron chi connectivity index (χ3n) is 4.66. The van der Waals surface area contributed by atoms with E-state index in [1.54, 1.807) is 65.8 Å². The van der Waals surface area contributed by atoms with Crippen molar-refractivity contribution in [2.45, 2.75) is 47.1 Å². The molecule has 0 atom stereocenters. The van der Waals surface area contributed by atoms with Crippen molar-refractivity contribution in [1.82, 2.24) is 5.16 Å². The van der Waals surface area contributed by atoms with Crippen molar-refractivity contribution in [3.05, 3.63) is 56.6 Å². The number of hydrogen-bond donors (Lipinski definition) is 1. The summed E-state index contributed by atoms with van der Waals surface area (Å²) in [5.41, 5.74) is 0.667. The predicted molar refractivity (Wildman–Crippen MR) is 130 cm³/mol. The minimum absolute atomic E-state index is 0.0921. The lowest BCUT2D eigenvalue weighted by Crippen LogP contribution is -2.23. The van der Waals surface area contributed by atoms with Gasteiger partial charge in [-0.25, -0.2) is 9.59 Å². The lowest BCUT2D eigenvalue weighted by molar-refractivity contribution is 0.00744. The number of nitrogens with one attached hydrogen (secondary N) is 1. The number of halogens is 1. The van der Waals surface area contributed by atoms with E-state index in [-0.39, 0.29) is 39.1 Å². The summed E-state index contributed by atoms with van der Waals surface area (Å²) in [6, 6.07) is 6.92. The number of anilines is 1. The van der Waals surface area contributed by atoms with Crippen molar-refractivity contribution >= 4 is 45.8 Å². The van der Waals surface area contributed by atoms with Crippen molar-refractivity contribution in [2.75, 3.05) is 11.9 Å². The van der Waals surface area contributed by atoms with E-state index in [0.29, 0.717) is 16.1 Å². The van der Waals surface area contributed by atoms with Crippen LogP contribution in [0.2, 0.25) is 5.02 Å². The van der Waals surface area contributed by atoms with Crippen LogP contribution in [-0.4, -0.2) is 35.2 Å². The molecule has 0 aliphatic rings. The van der Waals surface area contributed by atoms with Crippen molar-refractivity contribution < 1.29 is 28.4 Å². The highest BCUT2D eigenvalue weighted by molar-refractivity contribution is 7.18. The Balaban J connectivity index is 2.04. The average molecular weight is 505 g/mol. The van der Waals surface area contributed by atoms with Gasteiger partial charge in [0.25, 0.3) is 5.91 Å². The topological polar surface area (TPSA) is 108 Å². The Hall–Kier alpha value is -3.17. The van der Waals surface area contributed by atoms with Crippen molar-refractivity contribution in [3.8, 4) is 11.3 Å². The molecule has 0 unspecified atom stereocenters. The second kappa shape index (κ2) is 9.99. The molecule has 34 heavy (non-hydrogen) atoms. The van der Waals surface area contributed by atoms with E-state index in [9.17, 15) is 14.4 Å². The van der Waals surface area contributed by atoms with Gasteiger partial charge in [-0.15, -0.1) is 11.3 Å². The molecule has 1 amide bonds. The maximum Gasteiger partial charge on any atom is 0.349 e. The van der Waals surface area contributed by atoms with E-state index in [0.717, 1.165) is 11.3 Å². The first-order chi connectivity index (χ1) is 15.9. The molecular formula is C24H25ClN2O6S. The number of nitrogens with zero attached hydrogens (tertiary/aromatic N) is 1. The van der Waals surface area contributed by atoms with Gasteiger partial charge in [0, 0.05) is 5.56 Å². The number of aryl methyl sites for hydroxylation is 1. The number of rotatable bonds is 6. The highest BCUT2D eigenvalue weighted by Crippen LogP contribution is 2.37. The molecule has 0 aliphatic carbocycles. The van der Waals surface area contributed by atoms with Crippen molar-refractivity contribution in [3.63, 3.8) is 0 Å². The summed E-state index contributed by atoms with van der Waals surface area (Å²) in [7, 11) is 0. The van der Waals surface area contributed by atoms with Crippen LogP contribution in [0.3, 0.4) is 0 Å². The summed E-state index contributed by atoms with van der Waals surface area (Å²) < 4.78 is 15.9. The van der Waals surface area contributed by atoms with Gasteiger partial charge in [0.15, 0.2) is 0 Å². The van der Waals surface area contributed by atoms with Crippen molar-refractivity contribution in [1.29, 1.82) is 0 Å². The molecule has 8 nitrogen and oxygen atoms in total. The third-order valence-corrected chi connectivity index (χ3v) is 6.17. The molecule has 0 saturated heterocycles. The molecule has 0 spiro atoms. The highest BCUT2D eigenvalue weighted by Gasteiger charge is 2.31. The molecule has 0 radical (unpaired) electrons. The number of esters is 2. The van der Waals surface area contributed by atoms with E-state index in [2.05, 4.69) is 10.5 Å². The molecule has 3 rings (SSSR count). The number of carbonyl (C=O) groups is 3. The standard InChI is InChI=1S/C24H25ClN2O6S/c1-7-31-22(29)16-12(2)19(23(30)32-24(4,5)6)34-21(16)26-20(28)17-13(3)33-27-18(17)14-10-8-9-11-15(14)25/h8-11H,7H2,1-6H3,(H,26,28). The van der Waals surface area contributed by atoms with Gasteiger partial charge in [-0.05, 0) is 53.2 Å². The van der Waals surface area contributed by atoms with Gasteiger partial charge in [0.1, 0.15) is 32.5 Å². The van der Waals surface area contributed by atoms with Crippen LogP contribution in [0.1, 0.15) is 69.4 Å². The fourth-order valence-corrected chi connectivity index (χ4v) is 4.50. The van der Waals surface area contributed by atoms with Gasteiger partial charge < -0.3 is 19.3 Å². The minimum atomic E-state index is -0.732. The lowest BCUT2D eigenvalue weighted by Gasteiger charge is -2.19. The maximum atomic E-state index is 13.3. The smallest absolute Gasteiger partial charge is 0.349 e. The number of aromatic nitrogens is 1. The molecular weight excluding hydrogens is 480 g/mol. The summed E-state index contributed by atoms with van der Waals surface area (Å²) in [4.78, 5) is 39.0. The molecule has 1 aromatic carbocycles. The Labute approximate surface area is 206 Å². The van der Waals surface area contributed by atoms with Crippen LogP contribution in [0, 0.1) is 13.8 Å². The number of ether oxygens (including phenoxy) is 2. The van der Waals surface area contributed by atoms with Gasteiger partial charge in [0.2, 0.25) is 0 Å². The first-order valence-corrected chi connectivity index (χ1v) is 11.7. The van der Waals surface area contributed by atoms with Crippen LogP contribution < -0.4 is 5.32 Å². The number of hydrogen-bond acceptors (Lipinski definition) is 8. The predicted octanol–water partition coefficient (Wildman–Crippen LogP) is 6.06. The van der Waals surface area contributed by atoms with Gasteiger partial charge >= 0.3 is 11.9 Å². The summed E-state index contributed by atoms with van der Waals surface area (Å²) in [5.74, 6) is -1.56. The zero-order chi connectivity index (χ0) is 25.2. The second-order valence-electron chi connectivity index (χ2n) is 8.38. The highest BCUT2D eigenvalue weighted by atomic mass is 35.5. The Morgan fingerprint density at radius 2 is 1.79 bits per heavy atom. The Morgan fingerprint density at radius 3 is 2.41 bits per heavy atom. The van der Waals surface area contributed by atoms with Gasteiger partial charge in [-0.1, -0.05) is 35.0 Å². The van der Waals surface area contributed by atoms with Crippen LogP contribution >= 0.6 is 22.9 Å². The number of benzene rings is 1. The monoisotopic (exact) mass is 504 g/mol. The molecule has 0 fully saturated rings. The minimum Gasteiger partial charge on any atom is -0.462 e. The van der Waals surface area contributed by atoms with E-state index < -0.39 is 23.4 Å². The Bertz CT molecular complexity index is 1250. The fraction of sp³-hybridized carbons (Fsp3) is 0.333. The largest absolute Gasteiger partial charge is 0.462 e. The number of carbonyl (C=O) groups excluding carboxylic acids is 3. The molecule has 0 bridgehead atoms. The van der Waals surface area contributed by atoms with E-state index >= 15 is 0 Å². The molecule has 10 heteroatoms. The summed E-state index contributed by atoms with van der Waals surface area (Å²) in [5, 5.41) is 7.29. The zero-order valence-corrected chi connectivity index (χ0v) is 21.3. The maximum absolute atomic E-state index is 13.3. The first-order valence-electron chi connectivity index (χ1n) is 10.5. The van der Waals surface area contributed by atoms with Gasteiger partial charge in [-0.3, -0.25) is 4.79 Å². The molecule has 0 saturated carbocycles. The van der Waals surface area contributed by atoms with E-state index in [1.165, 1.54) is 0 Å². The average Bonchev–Trinajstić information content (AvgIpc) is 3.27. The van der Waals surface area contributed by atoms with Gasteiger partial charge in [-0.2, -0.15) is 0 Å². The summed E-state index contributed by atoms with van der Waals surface area (Å²) in [6.07, 6.45) is 0. The van der Waals surface area contributed by atoms with Crippen LogP contribution in [-0.2, 0) is 9.47 Å². The molecule has 180 valence electrons. The molecule has 2 aromatic heterocycles. The van der Waals surface area contributed by atoms with Crippen LogP contribution in [0.4, 0.5) is 5.00 Å². The Morgan fingerprint density at radius 1 is 1.12 bits per heavy atom. The SMILES string of the molecule is CCOC(=O)c1c(NC(=O)c2c(-c3ccccc3Cl)noc2C)sc(C(=O)OC(C)(C)C)c1C. The van der Waals surface area contributed by atoms with E-state index in [1.807, 2.05) is 0 Å². The van der Waals surface area contributed by atoms with Crippen LogP contribution in [0.5, 0.6) is 0 Å². The normalized spacial score (nSPS) is 11.3. The van der Waals surface area contributed by atoms with E-state index in [4.69, 9.17) is 25.6 Å². The zero-order valence-electron chi connectivity index (χ0n) is 19.7. The third kappa shape index (κ3) is 5.31. The van der Waals surface area contributed by atoms with Crippen LogP contribution in [0.15, 0.2) is 28.8 Å². The van der Waals surface area contributed by atoms with Crippen molar-refractivity contribution in [2.24, 2.45) is 0 Å². The Kier molecular flexibility index (Phi) is 7.48. The van der Waals surface area contributed by atoms with Crippen LogP contribution in [0.25, 0.3) is 11.3 Å². The fourth-order valence-electron chi connectivity index (χ4n) is 3.21. The first kappa shape index (κ1) is 25.5. The number of amides is 1. The van der Waals surface area contributed by atoms with Gasteiger partial charge in [0.05, 0.1) is 17.2 Å². The molecule has 3 aromatic rings. The molecule has 0 aliphatic heterocycles. The molecule has 2 heterocycles.